The molecule has 0 aliphatic carbocycles. The average Bonchev–Trinajstić information content (AvgIpc) is 2.30. The van der Waals surface area contributed by atoms with E-state index in [0.717, 1.165) is 36.7 Å². The second-order valence-corrected chi connectivity index (χ2v) is 4.38. The van der Waals surface area contributed by atoms with Gasteiger partial charge in [-0.3, -0.25) is 0 Å². The van der Waals surface area contributed by atoms with E-state index in [1.807, 2.05) is 24.3 Å². The highest BCUT2D eigenvalue weighted by molar-refractivity contribution is 7.80. The summed E-state index contributed by atoms with van der Waals surface area (Å²) in [6.07, 6.45) is 2.22. The molecule has 1 rings (SSSR count). The van der Waals surface area contributed by atoms with Gasteiger partial charge in [-0.2, -0.15) is 12.6 Å². The van der Waals surface area contributed by atoms with Gasteiger partial charge in [-0.1, -0.05) is 6.92 Å². The summed E-state index contributed by atoms with van der Waals surface area (Å²) in [6.45, 7) is 2.99. The van der Waals surface area contributed by atoms with Crippen molar-refractivity contribution in [3.8, 4) is 11.5 Å². The second-order valence-electron chi connectivity index (χ2n) is 3.93. The van der Waals surface area contributed by atoms with Crippen molar-refractivity contribution in [1.29, 1.82) is 0 Å². The zero-order valence-corrected chi connectivity index (χ0v) is 10.9. The van der Waals surface area contributed by atoms with E-state index in [4.69, 9.17) is 9.47 Å². The molecule has 0 fully saturated rings. The van der Waals surface area contributed by atoms with Gasteiger partial charge < -0.3 is 9.47 Å². The molecule has 0 N–H and O–H groups in total. The molecule has 1 aromatic rings. The fourth-order valence-corrected chi connectivity index (χ4v) is 1.86. The van der Waals surface area contributed by atoms with Crippen LogP contribution < -0.4 is 9.47 Å². The Hall–Kier alpha value is -0.830. The summed E-state index contributed by atoms with van der Waals surface area (Å²) in [5, 5.41) is 0. The Bertz CT molecular complexity index is 284. The zero-order valence-electron chi connectivity index (χ0n) is 9.98. The maximum atomic E-state index is 5.64. The number of hydrogen-bond donors (Lipinski definition) is 1. The SMILES string of the molecule is COc1ccc(OCCC(C)CCS)cc1. The summed E-state index contributed by atoms with van der Waals surface area (Å²) in [6, 6.07) is 7.68. The van der Waals surface area contributed by atoms with Gasteiger partial charge in [0, 0.05) is 0 Å². The van der Waals surface area contributed by atoms with Crippen LogP contribution in [0.25, 0.3) is 0 Å². The molecular formula is C13H20O2S. The predicted molar refractivity (Wildman–Crippen MR) is 70.7 cm³/mol. The third kappa shape index (κ3) is 4.79. The Labute approximate surface area is 103 Å². The van der Waals surface area contributed by atoms with Gasteiger partial charge in [-0.05, 0) is 48.8 Å². The van der Waals surface area contributed by atoms with Gasteiger partial charge >= 0.3 is 0 Å². The summed E-state index contributed by atoms with van der Waals surface area (Å²) < 4.78 is 10.7. The summed E-state index contributed by atoms with van der Waals surface area (Å²) in [5.74, 6) is 3.38. The van der Waals surface area contributed by atoms with Crippen LogP contribution in [-0.4, -0.2) is 19.5 Å². The van der Waals surface area contributed by atoms with E-state index in [2.05, 4.69) is 19.6 Å². The number of rotatable bonds is 7. The van der Waals surface area contributed by atoms with Crippen LogP contribution in [0.15, 0.2) is 24.3 Å². The lowest BCUT2D eigenvalue weighted by Crippen LogP contribution is -2.04. The summed E-state index contributed by atoms with van der Waals surface area (Å²) in [4.78, 5) is 0. The van der Waals surface area contributed by atoms with Crippen molar-refractivity contribution in [3.63, 3.8) is 0 Å². The number of hydrogen-bond acceptors (Lipinski definition) is 3. The van der Waals surface area contributed by atoms with Gasteiger partial charge in [0.05, 0.1) is 13.7 Å². The molecule has 0 aliphatic heterocycles. The van der Waals surface area contributed by atoms with E-state index in [0.29, 0.717) is 5.92 Å². The van der Waals surface area contributed by atoms with Crippen LogP contribution in [-0.2, 0) is 0 Å². The second kappa shape index (κ2) is 7.44. The van der Waals surface area contributed by atoms with Gasteiger partial charge in [-0.25, -0.2) is 0 Å². The highest BCUT2D eigenvalue weighted by Crippen LogP contribution is 2.18. The van der Waals surface area contributed by atoms with E-state index in [-0.39, 0.29) is 0 Å². The molecule has 0 bridgehead atoms. The summed E-state index contributed by atoms with van der Waals surface area (Å²) >= 11 is 4.22. The molecule has 1 aromatic carbocycles. The van der Waals surface area contributed by atoms with E-state index < -0.39 is 0 Å². The maximum Gasteiger partial charge on any atom is 0.119 e. The van der Waals surface area contributed by atoms with Crippen molar-refractivity contribution < 1.29 is 9.47 Å². The average molecular weight is 240 g/mol. The number of benzene rings is 1. The molecule has 16 heavy (non-hydrogen) atoms. The highest BCUT2D eigenvalue weighted by atomic mass is 32.1. The first kappa shape index (κ1) is 13.2. The van der Waals surface area contributed by atoms with Crippen molar-refractivity contribution in [2.24, 2.45) is 5.92 Å². The standard InChI is InChI=1S/C13H20O2S/c1-11(8-10-16)7-9-15-13-5-3-12(14-2)4-6-13/h3-6,11,16H,7-10H2,1-2H3. The van der Waals surface area contributed by atoms with Gasteiger partial charge in [0.15, 0.2) is 0 Å². The first-order valence-electron chi connectivity index (χ1n) is 5.64. The Morgan fingerprint density at radius 2 is 1.75 bits per heavy atom. The fourth-order valence-electron chi connectivity index (χ4n) is 1.41. The Morgan fingerprint density at radius 3 is 2.31 bits per heavy atom. The fraction of sp³-hybridized carbons (Fsp3) is 0.538. The Kier molecular flexibility index (Phi) is 6.16. The molecule has 0 radical (unpaired) electrons. The van der Waals surface area contributed by atoms with Gasteiger partial charge in [0.25, 0.3) is 0 Å². The lowest BCUT2D eigenvalue weighted by Gasteiger charge is -2.11. The number of ether oxygens (including phenoxy) is 2. The normalized spacial score (nSPS) is 12.2. The summed E-state index contributed by atoms with van der Waals surface area (Å²) in [5.41, 5.74) is 0. The first-order chi connectivity index (χ1) is 7.76. The van der Waals surface area contributed by atoms with Crippen LogP contribution in [0.1, 0.15) is 19.8 Å². The topological polar surface area (TPSA) is 18.5 Å². The monoisotopic (exact) mass is 240 g/mol. The lowest BCUT2D eigenvalue weighted by atomic mass is 10.1. The molecule has 0 aliphatic rings. The smallest absolute Gasteiger partial charge is 0.119 e. The van der Waals surface area contributed by atoms with Gasteiger partial charge in [0.1, 0.15) is 11.5 Å². The minimum atomic E-state index is 0.677. The molecule has 0 amide bonds. The summed E-state index contributed by atoms with van der Waals surface area (Å²) in [7, 11) is 1.66. The van der Waals surface area contributed by atoms with Gasteiger partial charge in [-0.15, -0.1) is 0 Å². The highest BCUT2D eigenvalue weighted by Gasteiger charge is 2.01. The predicted octanol–water partition coefficient (Wildman–Crippen LogP) is 3.42. The quantitative estimate of drug-likeness (QED) is 0.736. The van der Waals surface area contributed by atoms with Crippen LogP contribution in [0.4, 0.5) is 0 Å². The zero-order chi connectivity index (χ0) is 11.8. The largest absolute Gasteiger partial charge is 0.497 e. The van der Waals surface area contributed by atoms with Crippen LogP contribution in [0.2, 0.25) is 0 Å². The molecule has 1 atom stereocenters. The molecule has 0 spiro atoms. The molecule has 0 saturated heterocycles. The third-order valence-electron chi connectivity index (χ3n) is 2.56. The maximum absolute atomic E-state index is 5.64. The lowest BCUT2D eigenvalue weighted by molar-refractivity contribution is 0.282. The number of thiol groups is 1. The van der Waals surface area contributed by atoms with E-state index in [9.17, 15) is 0 Å². The minimum Gasteiger partial charge on any atom is -0.497 e. The molecule has 1 unspecified atom stereocenters. The van der Waals surface area contributed by atoms with Crippen molar-refractivity contribution in [3.05, 3.63) is 24.3 Å². The molecule has 0 aromatic heterocycles. The third-order valence-corrected chi connectivity index (χ3v) is 2.82. The van der Waals surface area contributed by atoms with E-state index in [1.54, 1.807) is 7.11 Å². The number of methoxy groups -OCH3 is 1. The van der Waals surface area contributed by atoms with Crippen LogP contribution in [0.3, 0.4) is 0 Å². The minimum absolute atomic E-state index is 0.677. The van der Waals surface area contributed by atoms with Crippen molar-refractivity contribution in [2.45, 2.75) is 19.8 Å². The van der Waals surface area contributed by atoms with Crippen LogP contribution in [0, 0.1) is 5.92 Å². The molecule has 0 heterocycles. The van der Waals surface area contributed by atoms with Gasteiger partial charge in [0.2, 0.25) is 0 Å². The van der Waals surface area contributed by atoms with Crippen molar-refractivity contribution in [2.75, 3.05) is 19.5 Å². The molecule has 2 nitrogen and oxygen atoms in total. The molecular weight excluding hydrogens is 220 g/mol. The molecule has 0 saturated carbocycles. The van der Waals surface area contributed by atoms with Crippen molar-refractivity contribution >= 4 is 12.6 Å². The van der Waals surface area contributed by atoms with E-state index >= 15 is 0 Å². The molecule has 90 valence electrons. The van der Waals surface area contributed by atoms with Crippen LogP contribution >= 0.6 is 12.6 Å². The Balaban J connectivity index is 2.26. The molecule has 3 heteroatoms. The van der Waals surface area contributed by atoms with E-state index in [1.165, 1.54) is 0 Å². The van der Waals surface area contributed by atoms with Crippen molar-refractivity contribution in [1.82, 2.24) is 0 Å². The van der Waals surface area contributed by atoms with Crippen LogP contribution in [0.5, 0.6) is 11.5 Å². The first-order valence-corrected chi connectivity index (χ1v) is 6.27. The Morgan fingerprint density at radius 1 is 1.12 bits per heavy atom.